The van der Waals surface area contributed by atoms with Crippen LogP contribution in [0.5, 0.6) is 0 Å². The van der Waals surface area contributed by atoms with Gasteiger partial charge in [0.1, 0.15) is 6.17 Å². The number of hydrogen-bond donors (Lipinski definition) is 0. The van der Waals surface area contributed by atoms with Crippen LogP contribution in [-0.4, -0.2) is 57.2 Å². The molecule has 1 aliphatic carbocycles. The summed E-state index contributed by atoms with van der Waals surface area (Å²) in [6.07, 6.45) is 10.1. The van der Waals surface area contributed by atoms with Gasteiger partial charge in [0.25, 0.3) is 0 Å². The van der Waals surface area contributed by atoms with E-state index in [-0.39, 0.29) is 0 Å². The van der Waals surface area contributed by atoms with Crippen LogP contribution in [0.25, 0.3) is 23.8 Å². The number of sulfonamides is 2. The number of likely N-dealkylation sites (tertiary alicyclic amines) is 1. The average Bonchev–Trinajstić information content (AvgIpc) is 3.07. The summed E-state index contributed by atoms with van der Waals surface area (Å²) in [5.41, 5.74) is 8.03. The fourth-order valence-electron chi connectivity index (χ4n) is 5.48. The summed E-state index contributed by atoms with van der Waals surface area (Å²) in [6, 6.07) is 26.2. The molecule has 202 valence electrons. The molecule has 0 amide bonds. The van der Waals surface area contributed by atoms with Gasteiger partial charge in [0.15, 0.2) is 0 Å². The van der Waals surface area contributed by atoms with E-state index in [4.69, 9.17) is 0 Å². The van der Waals surface area contributed by atoms with Crippen molar-refractivity contribution in [3.8, 4) is 0 Å². The summed E-state index contributed by atoms with van der Waals surface area (Å²) < 4.78 is 51.7. The highest BCUT2D eigenvalue weighted by Gasteiger charge is 2.38. The second kappa shape index (κ2) is 11.1. The molecule has 2 aliphatic rings. The number of rotatable bonds is 6. The Bertz CT molecular complexity index is 1580. The highest BCUT2D eigenvalue weighted by Crippen LogP contribution is 2.39. The maximum atomic E-state index is 12.8. The second-order valence-electron chi connectivity index (χ2n) is 9.96. The Morgan fingerprint density at radius 3 is 1.72 bits per heavy atom. The first-order valence-electron chi connectivity index (χ1n) is 12.9. The largest absolute Gasteiger partial charge is 0.282 e. The van der Waals surface area contributed by atoms with E-state index >= 15 is 0 Å². The summed E-state index contributed by atoms with van der Waals surface area (Å²) in [5, 5.41) is 0. The Balaban J connectivity index is 1.53. The van der Waals surface area contributed by atoms with Crippen molar-refractivity contribution in [3.63, 3.8) is 0 Å². The third kappa shape index (κ3) is 5.99. The standard InChI is InChI=1S/C31H32N2O4S2/c1-38(34,35)33(39(2,36)37)30(19-16-24-10-4-3-5-11-24)32-22-20-27(21-23-32)31-28-14-8-6-12-25(28)17-18-26-13-7-9-15-29(26)31/h3-19,30H,20-23H2,1-2H3. The van der Waals surface area contributed by atoms with Gasteiger partial charge in [-0.3, -0.25) is 4.90 Å². The molecule has 0 spiro atoms. The SMILES string of the molecule is CS(=O)(=O)N(C(C=Cc1ccccc1)N1CCC(=C2c3ccccc3C=Cc3ccccc32)CC1)S(C)(=O)=O. The van der Waals surface area contributed by atoms with E-state index in [1.54, 1.807) is 12.2 Å². The Hall–Kier alpha value is -3.30. The molecule has 6 nitrogen and oxygen atoms in total. The number of piperidine rings is 1. The number of fused-ring (bicyclic) bond motifs is 2. The van der Waals surface area contributed by atoms with Crippen molar-refractivity contribution < 1.29 is 16.8 Å². The Morgan fingerprint density at radius 2 is 1.21 bits per heavy atom. The van der Waals surface area contributed by atoms with Crippen LogP contribution >= 0.6 is 0 Å². The molecule has 5 rings (SSSR count). The first kappa shape index (κ1) is 27.3. The summed E-state index contributed by atoms with van der Waals surface area (Å²) in [6.45, 7) is 1.03. The molecule has 39 heavy (non-hydrogen) atoms. The molecule has 1 aliphatic heterocycles. The summed E-state index contributed by atoms with van der Waals surface area (Å²) in [7, 11) is -8.12. The molecule has 1 unspecified atom stereocenters. The number of hydrogen-bond acceptors (Lipinski definition) is 5. The van der Waals surface area contributed by atoms with Crippen molar-refractivity contribution in [1.82, 2.24) is 8.61 Å². The Labute approximate surface area is 231 Å². The van der Waals surface area contributed by atoms with Crippen LogP contribution in [0.15, 0.2) is 90.5 Å². The van der Waals surface area contributed by atoms with Crippen molar-refractivity contribution in [3.05, 3.63) is 118 Å². The molecule has 1 heterocycles. The van der Waals surface area contributed by atoms with E-state index in [9.17, 15) is 16.8 Å². The molecular formula is C31H32N2O4S2. The summed E-state index contributed by atoms with van der Waals surface area (Å²) in [4.78, 5) is 1.94. The first-order valence-corrected chi connectivity index (χ1v) is 16.6. The summed E-state index contributed by atoms with van der Waals surface area (Å²) >= 11 is 0. The predicted molar refractivity (Wildman–Crippen MR) is 159 cm³/mol. The molecule has 1 atom stereocenters. The number of nitrogens with zero attached hydrogens (tertiary/aromatic N) is 2. The van der Waals surface area contributed by atoms with E-state index in [1.165, 1.54) is 22.3 Å². The molecule has 0 radical (unpaired) electrons. The van der Waals surface area contributed by atoms with E-state index < -0.39 is 26.2 Å². The monoisotopic (exact) mass is 560 g/mol. The topological polar surface area (TPSA) is 74.8 Å². The van der Waals surface area contributed by atoms with Crippen molar-refractivity contribution in [2.45, 2.75) is 19.0 Å². The highest BCUT2D eigenvalue weighted by atomic mass is 32.3. The minimum Gasteiger partial charge on any atom is -0.282 e. The molecule has 1 fully saturated rings. The zero-order valence-corrected chi connectivity index (χ0v) is 23.7. The molecule has 0 bridgehead atoms. The third-order valence-corrected chi connectivity index (χ3v) is 10.5. The van der Waals surface area contributed by atoms with Gasteiger partial charge in [-0.05, 0) is 46.2 Å². The van der Waals surface area contributed by atoms with Gasteiger partial charge in [-0.2, -0.15) is 0 Å². The lowest BCUT2D eigenvalue weighted by atomic mass is 9.86. The van der Waals surface area contributed by atoms with Crippen LogP contribution in [0.2, 0.25) is 0 Å². The highest BCUT2D eigenvalue weighted by molar-refractivity contribution is 8.03. The van der Waals surface area contributed by atoms with Crippen LogP contribution in [0.4, 0.5) is 0 Å². The molecule has 3 aromatic carbocycles. The molecule has 3 aromatic rings. The van der Waals surface area contributed by atoms with Crippen LogP contribution < -0.4 is 0 Å². The molecular weight excluding hydrogens is 528 g/mol. The lowest BCUT2D eigenvalue weighted by molar-refractivity contribution is 0.166. The second-order valence-corrected chi connectivity index (χ2v) is 13.9. The molecule has 0 N–H and O–H groups in total. The zero-order chi connectivity index (χ0) is 27.6. The minimum atomic E-state index is -4.06. The zero-order valence-electron chi connectivity index (χ0n) is 22.1. The van der Waals surface area contributed by atoms with Crippen LogP contribution in [-0.2, 0) is 20.0 Å². The fraction of sp³-hybridized carbons (Fsp3) is 0.226. The van der Waals surface area contributed by atoms with Gasteiger partial charge >= 0.3 is 0 Å². The van der Waals surface area contributed by atoms with E-state index in [2.05, 4.69) is 48.6 Å². The first-order chi connectivity index (χ1) is 18.6. The van der Waals surface area contributed by atoms with Crippen molar-refractivity contribution >= 4 is 43.8 Å². The van der Waals surface area contributed by atoms with Crippen molar-refractivity contribution in [1.29, 1.82) is 0 Å². The predicted octanol–water partition coefficient (Wildman–Crippen LogP) is 5.33. The molecule has 1 saturated heterocycles. The van der Waals surface area contributed by atoms with Crippen molar-refractivity contribution in [2.24, 2.45) is 0 Å². The van der Waals surface area contributed by atoms with Gasteiger partial charge in [0.05, 0.1) is 12.5 Å². The fourth-order valence-corrected chi connectivity index (χ4v) is 8.64. The number of benzene rings is 3. The van der Waals surface area contributed by atoms with Gasteiger partial charge in [-0.1, -0.05) is 112 Å². The average molecular weight is 561 g/mol. The molecule has 0 saturated carbocycles. The smallest absolute Gasteiger partial charge is 0.226 e. The van der Waals surface area contributed by atoms with Crippen LogP contribution in [0.3, 0.4) is 0 Å². The van der Waals surface area contributed by atoms with E-state index in [0.717, 1.165) is 29.2 Å². The minimum absolute atomic E-state index is 0.516. The molecule has 0 aromatic heterocycles. The quantitative estimate of drug-likeness (QED) is 0.319. The van der Waals surface area contributed by atoms with Gasteiger partial charge in [0, 0.05) is 13.1 Å². The van der Waals surface area contributed by atoms with Crippen molar-refractivity contribution in [2.75, 3.05) is 25.6 Å². The normalized spacial score (nSPS) is 17.2. The maximum absolute atomic E-state index is 12.8. The Kier molecular flexibility index (Phi) is 7.73. The van der Waals surface area contributed by atoms with Gasteiger partial charge in [-0.25, -0.2) is 16.8 Å². The van der Waals surface area contributed by atoms with Crippen LogP contribution in [0.1, 0.15) is 40.7 Å². The van der Waals surface area contributed by atoms with Gasteiger partial charge in [0.2, 0.25) is 20.0 Å². The lowest BCUT2D eigenvalue weighted by Gasteiger charge is -2.38. The Morgan fingerprint density at radius 1 is 0.718 bits per heavy atom. The molecule has 8 heteroatoms. The van der Waals surface area contributed by atoms with E-state index in [1.807, 2.05) is 47.4 Å². The van der Waals surface area contributed by atoms with Gasteiger partial charge < -0.3 is 0 Å². The van der Waals surface area contributed by atoms with Crippen LogP contribution in [0, 0.1) is 0 Å². The lowest BCUT2D eigenvalue weighted by Crippen LogP contribution is -2.53. The van der Waals surface area contributed by atoms with E-state index in [0.29, 0.717) is 29.6 Å². The van der Waals surface area contributed by atoms with Gasteiger partial charge in [-0.15, -0.1) is 0 Å². The third-order valence-electron chi connectivity index (χ3n) is 7.16. The summed E-state index contributed by atoms with van der Waals surface area (Å²) in [5.74, 6) is 0. The maximum Gasteiger partial charge on any atom is 0.226 e.